The van der Waals surface area contributed by atoms with Gasteiger partial charge in [0.25, 0.3) is 5.91 Å². The molecule has 4 amide bonds. The van der Waals surface area contributed by atoms with Crippen molar-refractivity contribution in [2.75, 3.05) is 17.2 Å². The molecule has 1 aliphatic heterocycles. The van der Waals surface area contributed by atoms with Crippen LogP contribution in [-0.4, -0.2) is 35.1 Å². The highest BCUT2D eigenvalue weighted by Gasteiger charge is 2.47. The van der Waals surface area contributed by atoms with Crippen LogP contribution in [0.3, 0.4) is 0 Å². The van der Waals surface area contributed by atoms with Gasteiger partial charge in [-0.1, -0.05) is 18.2 Å². The van der Waals surface area contributed by atoms with Crippen LogP contribution in [0.2, 0.25) is 0 Å². The third kappa shape index (κ3) is 3.82. The topological polar surface area (TPSA) is 109 Å². The van der Waals surface area contributed by atoms with Gasteiger partial charge in [0, 0.05) is 11.4 Å². The highest BCUT2D eigenvalue weighted by molar-refractivity contribution is 6.09. The van der Waals surface area contributed by atoms with E-state index in [0.29, 0.717) is 24.2 Å². The Balaban J connectivity index is 1.38. The number of benzene rings is 1. The lowest BCUT2D eigenvalue weighted by Crippen LogP contribution is -2.38. The average molecular weight is 393 g/mol. The van der Waals surface area contributed by atoms with E-state index < -0.39 is 11.8 Å². The van der Waals surface area contributed by atoms with Crippen LogP contribution < -0.4 is 10.6 Å². The third-order valence-corrected chi connectivity index (χ3v) is 5.05. The molecule has 1 aromatic heterocycles. The lowest BCUT2D eigenvalue weighted by Gasteiger charge is -2.15. The molecular formula is C21H19N3O5. The summed E-state index contributed by atoms with van der Waals surface area (Å²) in [5, 5.41) is 5.33. The monoisotopic (exact) mass is 393 g/mol. The molecule has 148 valence electrons. The van der Waals surface area contributed by atoms with Crippen LogP contribution >= 0.6 is 0 Å². The fourth-order valence-electron chi connectivity index (χ4n) is 3.64. The van der Waals surface area contributed by atoms with Gasteiger partial charge in [0.15, 0.2) is 5.76 Å². The smallest absolute Gasteiger partial charge is 0.291 e. The Bertz CT molecular complexity index is 970. The Kier molecular flexibility index (Phi) is 4.99. The number of carbonyl (C=O) groups excluding carboxylic acids is 4. The van der Waals surface area contributed by atoms with Gasteiger partial charge in [-0.2, -0.15) is 0 Å². The highest BCUT2D eigenvalue weighted by atomic mass is 16.3. The van der Waals surface area contributed by atoms with E-state index in [1.807, 2.05) is 12.2 Å². The predicted molar refractivity (Wildman–Crippen MR) is 104 cm³/mol. The van der Waals surface area contributed by atoms with Gasteiger partial charge < -0.3 is 15.1 Å². The number of nitrogens with one attached hydrogen (secondary N) is 2. The molecule has 0 bridgehead atoms. The molecule has 1 saturated heterocycles. The number of likely N-dealkylation sites (tertiary alicyclic amines) is 1. The van der Waals surface area contributed by atoms with Gasteiger partial charge in [-0.05, 0) is 43.2 Å². The number of imide groups is 1. The zero-order chi connectivity index (χ0) is 20.4. The van der Waals surface area contributed by atoms with Crippen molar-refractivity contribution in [2.45, 2.75) is 12.8 Å². The third-order valence-electron chi connectivity index (χ3n) is 5.05. The minimum atomic E-state index is -0.479. The molecule has 2 atom stereocenters. The summed E-state index contributed by atoms with van der Waals surface area (Å²) in [6, 6.07) is 9.71. The fourth-order valence-corrected chi connectivity index (χ4v) is 3.64. The molecule has 29 heavy (non-hydrogen) atoms. The van der Waals surface area contributed by atoms with Crippen molar-refractivity contribution in [2.24, 2.45) is 11.8 Å². The molecule has 2 N–H and O–H groups in total. The Hall–Kier alpha value is -3.68. The van der Waals surface area contributed by atoms with Crippen LogP contribution in [0.15, 0.2) is 59.2 Å². The summed E-state index contributed by atoms with van der Waals surface area (Å²) in [6.07, 6.45) is 6.27. The summed E-state index contributed by atoms with van der Waals surface area (Å²) in [6.45, 7) is -0.326. The Morgan fingerprint density at radius 1 is 0.966 bits per heavy atom. The van der Waals surface area contributed by atoms with E-state index >= 15 is 0 Å². The number of rotatable bonds is 5. The van der Waals surface area contributed by atoms with Gasteiger partial charge in [-0.15, -0.1) is 0 Å². The number of hydrogen-bond donors (Lipinski definition) is 2. The van der Waals surface area contributed by atoms with E-state index in [9.17, 15) is 19.2 Å². The summed E-state index contributed by atoms with van der Waals surface area (Å²) < 4.78 is 5.04. The van der Waals surface area contributed by atoms with Gasteiger partial charge in [0.1, 0.15) is 6.54 Å². The summed E-state index contributed by atoms with van der Waals surface area (Å²) in [7, 11) is 0. The molecule has 0 saturated carbocycles. The number of allylic oxidation sites excluding steroid dienone is 2. The van der Waals surface area contributed by atoms with Gasteiger partial charge >= 0.3 is 0 Å². The second-order valence-corrected chi connectivity index (χ2v) is 6.98. The first kappa shape index (κ1) is 18.7. The minimum absolute atomic E-state index is 0.168. The number of fused-ring (bicyclic) bond motifs is 1. The zero-order valence-electron chi connectivity index (χ0n) is 15.5. The maximum absolute atomic E-state index is 12.5. The largest absolute Gasteiger partial charge is 0.459 e. The molecule has 1 aliphatic carbocycles. The van der Waals surface area contributed by atoms with Crippen molar-refractivity contribution in [1.29, 1.82) is 0 Å². The summed E-state index contributed by atoms with van der Waals surface area (Å²) in [4.78, 5) is 50.4. The fraction of sp³-hybridized carbons (Fsp3) is 0.238. The van der Waals surface area contributed by atoms with Gasteiger partial charge in [0.2, 0.25) is 17.7 Å². The molecule has 1 aromatic carbocycles. The van der Waals surface area contributed by atoms with Crippen LogP contribution in [0, 0.1) is 11.8 Å². The molecule has 4 rings (SSSR count). The Morgan fingerprint density at radius 2 is 1.62 bits per heavy atom. The van der Waals surface area contributed by atoms with E-state index in [4.69, 9.17) is 4.42 Å². The number of anilines is 2. The van der Waals surface area contributed by atoms with Crippen molar-refractivity contribution in [3.63, 3.8) is 0 Å². The molecule has 2 heterocycles. The van der Waals surface area contributed by atoms with E-state index in [-0.39, 0.29) is 36.0 Å². The molecule has 2 aliphatic rings. The van der Waals surface area contributed by atoms with Crippen LogP contribution in [0.1, 0.15) is 23.4 Å². The predicted octanol–water partition coefficient (Wildman–Crippen LogP) is 2.42. The molecule has 0 radical (unpaired) electrons. The number of furan rings is 1. The van der Waals surface area contributed by atoms with Crippen LogP contribution in [-0.2, 0) is 14.4 Å². The SMILES string of the molecule is O=C(CN1C(=O)C2CC=CCC2C1=O)Nc1cccc(NC(=O)c2ccco2)c1. The molecule has 8 nitrogen and oxygen atoms in total. The van der Waals surface area contributed by atoms with Crippen molar-refractivity contribution in [3.8, 4) is 0 Å². The standard InChI is InChI=1S/C21H19N3O5/c25-18(12-24-20(27)15-7-1-2-8-16(15)21(24)28)22-13-5-3-6-14(11-13)23-19(26)17-9-4-10-29-17/h1-6,9-11,15-16H,7-8,12H2,(H,22,25)(H,23,26). The van der Waals surface area contributed by atoms with E-state index in [1.54, 1.807) is 30.3 Å². The molecule has 2 aromatic rings. The number of nitrogens with zero attached hydrogens (tertiary/aromatic N) is 1. The Morgan fingerprint density at radius 3 is 2.24 bits per heavy atom. The van der Waals surface area contributed by atoms with E-state index in [0.717, 1.165) is 4.90 Å². The van der Waals surface area contributed by atoms with Crippen LogP contribution in [0.25, 0.3) is 0 Å². The lowest BCUT2D eigenvalue weighted by atomic mass is 9.85. The molecule has 1 fully saturated rings. The second kappa shape index (κ2) is 7.75. The quantitative estimate of drug-likeness (QED) is 0.599. The van der Waals surface area contributed by atoms with E-state index in [1.165, 1.54) is 12.3 Å². The van der Waals surface area contributed by atoms with Crippen molar-refractivity contribution in [3.05, 3.63) is 60.6 Å². The first-order valence-corrected chi connectivity index (χ1v) is 9.28. The van der Waals surface area contributed by atoms with Gasteiger partial charge in [-0.25, -0.2) is 0 Å². The van der Waals surface area contributed by atoms with Crippen molar-refractivity contribution in [1.82, 2.24) is 4.90 Å². The van der Waals surface area contributed by atoms with Crippen LogP contribution in [0.4, 0.5) is 11.4 Å². The Labute approximate surface area is 166 Å². The number of carbonyl (C=O) groups is 4. The van der Waals surface area contributed by atoms with Gasteiger partial charge in [-0.3, -0.25) is 24.1 Å². The van der Waals surface area contributed by atoms with E-state index in [2.05, 4.69) is 10.6 Å². The summed E-state index contributed by atoms with van der Waals surface area (Å²) >= 11 is 0. The summed E-state index contributed by atoms with van der Waals surface area (Å²) in [5.41, 5.74) is 0.903. The lowest BCUT2D eigenvalue weighted by molar-refractivity contribution is -0.142. The molecule has 2 unspecified atom stereocenters. The molecule has 8 heteroatoms. The molecule has 0 spiro atoms. The average Bonchev–Trinajstić information content (AvgIpc) is 3.33. The van der Waals surface area contributed by atoms with Crippen molar-refractivity contribution >= 4 is 35.0 Å². The maximum Gasteiger partial charge on any atom is 0.291 e. The first-order chi connectivity index (χ1) is 14.0. The number of amides is 4. The minimum Gasteiger partial charge on any atom is -0.459 e. The maximum atomic E-state index is 12.5. The normalized spacial score (nSPS) is 20.5. The highest BCUT2D eigenvalue weighted by Crippen LogP contribution is 2.34. The number of hydrogen-bond acceptors (Lipinski definition) is 5. The first-order valence-electron chi connectivity index (χ1n) is 9.28. The second-order valence-electron chi connectivity index (χ2n) is 6.98. The molecular weight excluding hydrogens is 374 g/mol. The van der Waals surface area contributed by atoms with Gasteiger partial charge in [0.05, 0.1) is 18.1 Å². The zero-order valence-corrected chi connectivity index (χ0v) is 15.5. The summed E-state index contributed by atoms with van der Waals surface area (Å²) in [5.74, 6) is -2.03. The van der Waals surface area contributed by atoms with Crippen molar-refractivity contribution < 1.29 is 23.6 Å². The van der Waals surface area contributed by atoms with Crippen LogP contribution in [0.5, 0.6) is 0 Å².